The molecule has 0 aliphatic carbocycles. The molecule has 0 aromatic rings. The molecule has 1 unspecified atom stereocenters. The van der Waals surface area contributed by atoms with Gasteiger partial charge in [0.15, 0.2) is 5.12 Å². The highest BCUT2D eigenvalue weighted by Crippen LogP contribution is 2.31. The number of thioether (sulfide) groups is 1. The largest absolute Gasteiger partial charge is 0.287 e. The third kappa shape index (κ3) is 1.46. The highest BCUT2D eigenvalue weighted by Gasteiger charge is 2.19. The molecule has 0 spiro atoms. The van der Waals surface area contributed by atoms with E-state index in [-0.39, 0.29) is 0 Å². The number of carbonyl (C=O) groups excluding carboxylic acids is 1. The lowest BCUT2D eigenvalue weighted by Gasteiger charge is -1.86. The van der Waals surface area contributed by atoms with Crippen molar-refractivity contribution in [2.75, 3.05) is 0 Å². The molecule has 1 aliphatic heterocycles. The summed E-state index contributed by atoms with van der Waals surface area (Å²) in [5.41, 5.74) is 0. The van der Waals surface area contributed by atoms with Crippen LogP contribution in [0.3, 0.4) is 0 Å². The third-order valence-electron chi connectivity index (χ3n) is 0.835. The Morgan fingerprint density at radius 3 is 2.71 bits per heavy atom. The average molecular weight is 181 g/mol. The zero-order valence-corrected chi connectivity index (χ0v) is 6.09. The van der Waals surface area contributed by atoms with Crippen LogP contribution >= 0.6 is 27.7 Å². The van der Waals surface area contributed by atoms with E-state index in [0.29, 0.717) is 9.27 Å². The second-order valence-corrected chi connectivity index (χ2v) is 4.41. The van der Waals surface area contributed by atoms with Crippen molar-refractivity contribution in [2.24, 2.45) is 0 Å². The van der Waals surface area contributed by atoms with Gasteiger partial charge < -0.3 is 0 Å². The lowest BCUT2D eigenvalue weighted by Crippen LogP contribution is -1.76. The first-order chi connectivity index (χ1) is 3.29. The van der Waals surface area contributed by atoms with Gasteiger partial charge in [0.25, 0.3) is 0 Å². The van der Waals surface area contributed by atoms with Gasteiger partial charge in [-0.2, -0.15) is 0 Å². The molecule has 0 amide bonds. The van der Waals surface area contributed by atoms with E-state index in [9.17, 15) is 4.79 Å². The van der Waals surface area contributed by atoms with Gasteiger partial charge in [-0.3, -0.25) is 4.79 Å². The summed E-state index contributed by atoms with van der Waals surface area (Å²) in [5, 5.41) is 0.321. The first-order valence-electron chi connectivity index (χ1n) is 2.12. The summed E-state index contributed by atoms with van der Waals surface area (Å²) >= 11 is 4.72. The monoisotopic (exact) mass is 180 g/mol. The van der Waals surface area contributed by atoms with Crippen LogP contribution in [0.1, 0.15) is 12.8 Å². The van der Waals surface area contributed by atoms with Gasteiger partial charge in [-0.15, -0.1) is 0 Å². The Morgan fingerprint density at radius 2 is 2.57 bits per heavy atom. The van der Waals surface area contributed by atoms with Crippen molar-refractivity contribution in [2.45, 2.75) is 17.0 Å². The highest BCUT2D eigenvalue weighted by atomic mass is 79.9. The first-order valence-corrected chi connectivity index (χ1v) is 3.92. The lowest BCUT2D eigenvalue weighted by molar-refractivity contribution is -0.110. The van der Waals surface area contributed by atoms with Gasteiger partial charge in [0.05, 0.1) is 4.16 Å². The van der Waals surface area contributed by atoms with Crippen LogP contribution in [-0.2, 0) is 4.79 Å². The average Bonchev–Trinajstić information content (AvgIpc) is 1.87. The van der Waals surface area contributed by atoms with Crippen molar-refractivity contribution in [1.82, 2.24) is 0 Å². The lowest BCUT2D eigenvalue weighted by atomic mass is 10.4. The Balaban J connectivity index is 2.40. The predicted molar refractivity (Wildman–Crippen MR) is 34.5 cm³/mol. The second-order valence-electron chi connectivity index (χ2n) is 1.44. The van der Waals surface area contributed by atoms with E-state index >= 15 is 0 Å². The van der Waals surface area contributed by atoms with Gasteiger partial charge in [0, 0.05) is 6.42 Å². The molecule has 40 valence electrons. The van der Waals surface area contributed by atoms with Gasteiger partial charge in [-0.05, 0) is 6.42 Å². The van der Waals surface area contributed by atoms with Gasteiger partial charge in [0.1, 0.15) is 0 Å². The minimum Gasteiger partial charge on any atom is -0.287 e. The number of alkyl halides is 1. The van der Waals surface area contributed by atoms with Crippen LogP contribution in [0.25, 0.3) is 0 Å². The fourth-order valence-corrected chi connectivity index (χ4v) is 2.10. The van der Waals surface area contributed by atoms with Crippen LogP contribution in [0.2, 0.25) is 0 Å². The fraction of sp³-hybridized carbons (Fsp3) is 0.750. The van der Waals surface area contributed by atoms with Crippen LogP contribution in [-0.4, -0.2) is 9.27 Å². The zero-order chi connectivity index (χ0) is 5.28. The summed E-state index contributed by atoms with van der Waals surface area (Å²) in [5.74, 6) is 0. The summed E-state index contributed by atoms with van der Waals surface area (Å²) in [4.78, 5) is 10.4. The maximum Gasteiger partial charge on any atom is 0.190 e. The van der Waals surface area contributed by atoms with Crippen molar-refractivity contribution < 1.29 is 4.79 Å². The van der Waals surface area contributed by atoms with E-state index in [1.807, 2.05) is 0 Å². The molecule has 3 heteroatoms. The second kappa shape index (κ2) is 2.18. The zero-order valence-electron chi connectivity index (χ0n) is 3.69. The predicted octanol–water partition coefficient (Wildman–Crippen LogP) is 1.76. The molecule has 0 aromatic carbocycles. The Kier molecular flexibility index (Phi) is 1.75. The minimum absolute atomic E-state index is 0.321. The van der Waals surface area contributed by atoms with Gasteiger partial charge >= 0.3 is 0 Å². The van der Waals surface area contributed by atoms with E-state index in [1.165, 1.54) is 11.8 Å². The third-order valence-corrected chi connectivity index (χ3v) is 2.81. The van der Waals surface area contributed by atoms with E-state index in [4.69, 9.17) is 0 Å². The molecule has 1 aliphatic rings. The van der Waals surface area contributed by atoms with Crippen molar-refractivity contribution >= 4 is 32.8 Å². The molecule has 1 rings (SSSR count). The van der Waals surface area contributed by atoms with Crippen LogP contribution in [0, 0.1) is 0 Å². The Bertz CT molecular complexity index is 93.7. The van der Waals surface area contributed by atoms with E-state index in [1.54, 1.807) is 0 Å². The quantitative estimate of drug-likeness (QED) is 0.529. The Labute approximate surface area is 55.0 Å². The van der Waals surface area contributed by atoms with Gasteiger partial charge in [-0.25, -0.2) is 0 Å². The SMILES string of the molecule is O=C1CCC(Br)S1. The van der Waals surface area contributed by atoms with Crippen molar-refractivity contribution in [3.05, 3.63) is 0 Å². The summed E-state index contributed by atoms with van der Waals surface area (Å²) in [6, 6.07) is 0. The fourth-order valence-electron chi connectivity index (χ4n) is 0.492. The normalized spacial score (nSPS) is 31.6. The van der Waals surface area contributed by atoms with Crippen molar-refractivity contribution in [3.63, 3.8) is 0 Å². The maximum absolute atomic E-state index is 10.4. The Hall–Kier alpha value is 0.500. The van der Waals surface area contributed by atoms with Crippen molar-refractivity contribution in [3.8, 4) is 0 Å². The molecule has 1 nitrogen and oxygen atoms in total. The molecular formula is C4H5BrOS. The van der Waals surface area contributed by atoms with Crippen LogP contribution in [0.15, 0.2) is 0 Å². The molecule has 0 bridgehead atoms. The standard InChI is InChI=1S/C4H5BrOS/c5-3-1-2-4(6)7-3/h3H,1-2H2. The minimum atomic E-state index is 0.321. The van der Waals surface area contributed by atoms with Gasteiger partial charge in [0.2, 0.25) is 0 Å². The van der Waals surface area contributed by atoms with Crippen LogP contribution in [0.5, 0.6) is 0 Å². The molecular weight excluding hydrogens is 176 g/mol. The molecule has 1 atom stereocenters. The molecule has 1 heterocycles. The topological polar surface area (TPSA) is 17.1 Å². The van der Waals surface area contributed by atoms with Gasteiger partial charge in [-0.1, -0.05) is 27.7 Å². The molecule has 0 radical (unpaired) electrons. The van der Waals surface area contributed by atoms with E-state index in [2.05, 4.69) is 15.9 Å². The number of carbonyl (C=O) groups is 1. The van der Waals surface area contributed by atoms with E-state index in [0.717, 1.165) is 12.8 Å². The summed E-state index contributed by atoms with van der Waals surface area (Å²) in [6.45, 7) is 0. The molecule has 1 fully saturated rings. The van der Waals surface area contributed by atoms with Crippen LogP contribution in [0.4, 0.5) is 0 Å². The number of rotatable bonds is 0. The first kappa shape index (κ1) is 5.63. The molecule has 0 N–H and O–H groups in total. The van der Waals surface area contributed by atoms with Crippen LogP contribution < -0.4 is 0 Å². The molecule has 1 saturated heterocycles. The summed E-state index contributed by atoms with van der Waals surface area (Å²) < 4.78 is 0.403. The number of hydrogen-bond acceptors (Lipinski definition) is 2. The summed E-state index contributed by atoms with van der Waals surface area (Å²) in [7, 11) is 0. The molecule has 0 aromatic heterocycles. The van der Waals surface area contributed by atoms with E-state index < -0.39 is 0 Å². The summed E-state index contributed by atoms with van der Waals surface area (Å²) in [6.07, 6.45) is 1.75. The molecule has 0 saturated carbocycles. The highest BCUT2D eigenvalue weighted by molar-refractivity contribution is 9.11. The molecule has 7 heavy (non-hydrogen) atoms. The number of halogens is 1. The smallest absolute Gasteiger partial charge is 0.190 e. The van der Waals surface area contributed by atoms with Crippen molar-refractivity contribution in [1.29, 1.82) is 0 Å². The maximum atomic E-state index is 10.4. The number of hydrogen-bond donors (Lipinski definition) is 0. The Morgan fingerprint density at radius 1 is 1.86 bits per heavy atom.